The van der Waals surface area contributed by atoms with Gasteiger partial charge in [0.25, 0.3) is 0 Å². The van der Waals surface area contributed by atoms with Crippen molar-refractivity contribution >= 4 is 119 Å². The summed E-state index contributed by atoms with van der Waals surface area (Å²) in [5.41, 5.74) is -12.3. The molecule has 0 rings (SSSR count). The lowest BCUT2D eigenvalue weighted by Gasteiger charge is -2.34. The van der Waals surface area contributed by atoms with Crippen molar-refractivity contribution in [3.05, 3.63) is 0 Å². The average molecular weight is 1510 g/mol. The Labute approximate surface area is 606 Å². The third-order valence-electron chi connectivity index (χ3n) is 15.4. The molecule has 0 N–H and O–H groups in total. The van der Waals surface area contributed by atoms with Gasteiger partial charge < -0.3 is 80.5 Å². The van der Waals surface area contributed by atoms with Crippen LogP contribution in [0.15, 0.2) is 0 Å². The molecule has 0 radical (unpaired) electrons. The minimum absolute atomic E-state index is 0.0347. The molecule has 0 saturated carbocycles. The van der Waals surface area contributed by atoms with E-state index in [-0.39, 0.29) is 108 Å². The zero-order valence-corrected chi connectivity index (χ0v) is 65.6. The van der Waals surface area contributed by atoms with Gasteiger partial charge in [0.1, 0.15) is 58.3 Å². The molecular weight excluding hydrogens is 1400 g/mol. The van der Waals surface area contributed by atoms with Gasteiger partial charge in [-0.25, -0.2) is 0 Å². The molecule has 0 amide bonds. The highest BCUT2D eigenvalue weighted by Gasteiger charge is 2.49. The van der Waals surface area contributed by atoms with Gasteiger partial charge in [0.05, 0.1) is 134 Å². The van der Waals surface area contributed by atoms with E-state index >= 15 is 0 Å². The van der Waals surface area contributed by atoms with Gasteiger partial charge in [0, 0.05) is 51.5 Å². The molecule has 0 bridgehead atoms. The Morgan fingerprint density at radius 2 is 0.440 bits per heavy atom. The topological polar surface area (TPSA) is 362 Å². The van der Waals surface area contributed by atoms with E-state index in [0.29, 0.717) is 6.61 Å². The van der Waals surface area contributed by atoms with Crippen LogP contribution >= 0.6 is 47.0 Å². The minimum atomic E-state index is -1.92. The molecule has 0 aromatic carbocycles. The van der Waals surface area contributed by atoms with Crippen LogP contribution in [-0.4, -0.2) is 267 Å². The van der Waals surface area contributed by atoms with Crippen molar-refractivity contribution in [3.63, 3.8) is 0 Å². The Balaban J connectivity index is 7.56. The highest BCUT2D eigenvalue weighted by Crippen LogP contribution is 2.43. The van der Waals surface area contributed by atoms with Crippen molar-refractivity contribution < 1.29 is 138 Å². The van der Waals surface area contributed by atoms with E-state index in [1.165, 1.54) is 56.9 Å². The van der Waals surface area contributed by atoms with Gasteiger partial charge in [0.2, 0.25) is 0 Å². The molecule has 0 aromatic rings. The number of hydrogen-bond acceptors (Lipinski definition) is 33. The molecule has 29 nitrogen and oxygen atoms in total. The molecule has 0 aromatic heterocycles. The molecule has 4 atom stereocenters. The van der Waals surface area contributed by atoms with Crippen LogP contribution in [0.25, 0.3) is 0 Å². The zero-order valence-electron chi connectivity index (χ0n) is 62.4. The van der Waals surface area contributed by atoms with Crippen LogP contribution in [0.1, 0.15) is 109 Å². The summed E-state index contributed by atoms with van der Waals surface area (Å²) in [6.45, 7) is 16.9. The van der Waals surface area contributed by atoms with Gasteiger partial charge in [-0.15, -0.1) is 47.0 Å². The number of methoxy groups -OCH3 is 8. The first-order valence-corrected chi connectivity index (χ1v) is 36.7. The molecule has 0 fully saturated rings. The molecule has 0 saturated heterocycles. The molecule has 0 aliphatic rings. The number of carbonyl (C=O) groups excluding carboxylic acids is 12. The largest absolute Gasteiger partial charge is 0.469 e. The second-order valence-electron chi connectivity index (χ2n) is 27.7. The van der Waals surface area contributed by atoms with E-state index in [2.05, 4.69) is 0 Å². The molecule has 0 spiro atoms. The van der Waals surface area contributed by atoms with Crippen molar-refractivity contribution in [2.45, 2.75) is 109 Å². The van der Waals surface area contributed by atoms with Crippen LogP contribution in [-0.2, 0) is 138 Å². The van der Waals surface area contributed by atoms with E-state index in [4.69, 9.17) is 80.5 Å². The van der Waals surface area contributed by atoms with Gasteiger partial charge in [-0.3, -0.25) is 57.5 Å². The predicted octanol–water partition coefficient (Wildman–Crippen LogP) is 6.24. The van der Waals surface area contributed by atoms with E-state index in [1.807, 2.05) is 0 Å². The molecule has 0 aliphatic heterocycles. The third-order valence-corrected chi connectivity index (χ3v) is 20.5. The normalized spacial score (nSPS) is 14.9. The van der Waals surface area contributed by atoms with Crippen molar-refractivity contribution in [1.29, 1.82) is 0 Å². The fraction of sp³-hybridized carbons (Fsp3) is 0.821. The summed E-state index contributed by atoms with van der Waals surface area (Å²) in [4.78, 5) is 162. The maximum Gasteiger partial charge on any atom is 0.315 e. The smallest absolute Gasteiger partial charge is 0.315 e. The summed E-state index contributed by atoms with van der Waals surface area (Å²) in [6, 6.07) is 0. The SMILES string of the molecule is COCCOCCOC(=O)C(C)(C)CC(C)(CSCC(=O)OCC(COC(=O)CSCC(C)(CC(C)(C)C(=O)OCCOC)C(=O)OC)(COC(=O)CSCC(C)(CC(C)(C)C(=O)OCCOC)C(=O)OC)COC(=O)CSCC(C)(CC(C)(C)C(=O)OCCOC)C(=O)OC)C(=O)OC. The Kier molecular flexibility index (Phi) is 44.1. The number of carbonyl (C=O) groups is 12. The van der Waals surface area contributed by atoms with Crippen molar-refractivity contribution in [1.82, 2.24) is 0 Å². The third kappa shape index (κ3) is 34.9. The van der Waals surface area contributed by atoms with Crippen LogP contribution in [0, 0.1) is 48.7 Å². The van der Waals surface area contributed by atoms with Crippen molar-refractivity contribution in [2.24, 2.45) is 48.7 Å². The molecule has 578 valence electrons. The van der Waals surface area contributed by atoms with Crippen LogP contribution in [0.5, 0.6) is 0 Å². The first-order chi connectivity index (χ1) is 46.6. The van der Waals surface area contributed by atoms with E-state index in [0.717, 1.165) is 47.0 Å². The number of thioether (sulfide) groups is 4. The predicted molar refractivity (Wildman–Crippen MR) is 372 cm³/mol. The fourth-order valence-electron chi connectivity index (χ4n) is 10.6. The lowest BCUT2D eigenvalue weighted by Crippen LogP contribution is -2.44. The van der Waals surface area contributed by atoms with Gasteiger partial charge in [0.15, 0.2) is 0 Å². The number of rotatable bonds is 55. The first kappa shape index (κ1) is 94.8. The maximum absolute atomic E-state index is 14.0. The Hall–Kier alpha value is -5.16. The monoisotopic (exact) mass is 1510 g/mol. The Bertz CT molecular complexity index is 2410. The standard InChI is InChI=1S/C67H112O29S4/c1-59(2,51(72)89-27-22-81-14)35-63(9,55(76)84-17)43-97-31-47(68)93-39-67(40-94-48(69)32-98-44-64(10,56(77)85-18)36-60(3,4)52(73)90-28-23-82-15,41-95-49(70)33-99-45-65(11,57(78)86-19)37-61(5,6)53(74)91-29-24-83-16)42-96-50(71)34-100-46-66(12,58(79)87-20)38-62(7,8)54(75)92-30-26-88-25-21-80-13/h21-46H2,1-20H3. The molecule has 4 unspecified atom stereocenters. The van der Waals surface area contributed by atoms with Gasteiger partial charge >= 0.3 is 71.6 Å². The van der Waals surface area contributed by atoms with E-state index in [1.54, 1.807) is 83.1 Å². The van der Waals surface area contributed by atoms with E-state index < -0.39 is 170 Å². The highest BCUT2D eigenvalue weighted by molar-refractivity contribution is 8.00. The van der Waals surface area contributed by atoms with Gasteiger partial charge in [-0.05, 0) is 109 Å². The van der Waals surface area contributed by atoms with Gasteiger partial charge in [-0.2, -0.15) is 0 Å². The van der Waals surface area contributed by atoms with Crippen LogP contribution in [0.3, 0.4) is 0 Å². The second kappa shape index (κ2) is 46.5. The number of ether oxygens (including phenoxy) is 17. The Morgan fingerprint density at radius 3 is 0.640 bits per heavy atom. The average Bonchev–Trinajstić information content (AvgIpc) is 0.840. The maximum atomic E-state index is 14.0. The second-order valence-corrected chi connectivity index (χ2v) is 31.6. The number of esters is 12. The Morgan fingerprint density at radius 1 is 0.250 bits per heavy atom. The lowest BCUT2D eigenvalue weighted by atomic mass is 9.75. The summed E-state index contributed by atoms with van der Waals surface area (Å²) in [6.07, 6.45) is -0.310. The molecule has 0 heterocycles. The highest BCUT2D eigenvalue weighted by atomic mass is 32.2. The summed E-state index contributed by atoms with van der Waals surface area (Å²) < 4.78 is 90.9. The number of hydrogen-bond donors (Lipinski definition) is 0. The van der Waals surface area contributed by atoms with Gasteiger partial charge in [-0.1, -0.05) is 0 Å². The van der Waals surface area contributed by atoms with E-state index in [9.17, 15) is 57.5 Å². The molecule has 33 heteroatoms. The summed E-state index contributed by atoms with van der Waals surface area (Å²) in [5.74, 6) is -10.9. The minimum Gasteiger partial charge on any atom is -0.469 e. The summed E-state index contributed by atoms with van der Waals surface area (Å²) in [7, 11) is 10.6. The lowest BCUT2D eigenvalue weighted by molar-refractivity contribution is -0.168. The first-order valence-electron chi connectivity index (χ1n) is 32.1. The molecular formula is C67H112O29S4. The quantitative estimate of drug-likeness (QED) is 0.0369. The summed E-state index contributed by atoms with van der Waals surface area (Å²) in [5, 5.41) is 0. The fourth-order valence-corrected chi connectivity index (χ4v) is 14.7. The van der Waals surface area contributed by atoms with Crippen molar-refractivity contribution in [3.8, 4) is 0 Å². The van der Waals surface area contributed by atoms with Crippen LogP contribution in [0.4, 0.5) is 0 Å². The molecule has 100 heavy (non-hydrogen) atoms. The van der Waals surface area contributed by atoms with Crippen LogP contribution in [0.2, 0.25) is 0 Å². The zero-order chi connectivity index (χ0) is 76.7. The van der Waals surface area contributed by atoms with Crippen LogP contribution < -0.4 is 0 Å². The summed E-state index contributed by atoms with van der Waals surface area (Å²) >= 11 is 3.83. The van der Waals surface area contributed by atoms with Crippen molar-refractivity contribution in [2.75, 3.05) is 195 Å². The molecule has 0 aliphatic carbocycles.